The van der Waals surface area contributed by atoms with Gasteiger partial charge in [0.2, 0.25) is 0 Å². The normalized spacial score (nSPS) is 17.2. The number of hydrogen-bond donors (Lipinski definition) is 1. The molecule has 4 heteroatoms. The third-order valence-electron chi connectivity index (χ3n) is 2.82. The quantitative estimate of drug-likeness (QED) is 0.878. The standard InChI is InChI=1S/C12H18N2OS/c1-10-11(6-5-9-15)16-12(13-10)14-7-3-2-4-8-14/h5-6,15H,2-4,7-9H2,1H3/b6-5+. The molecule has 88 valence electrons. The molecule has 0 saturated carbocycles. The van der Waals surface area contributed by atoms with Crippen LogP contribution >= 0.6 is 11.3 Å². The first-order valence-corrected chi connectivity index (χ1v) is 6.62. The lowest BCUT2D eigenvalue weighted by atomic mass is 10.1. The summed E-state index contributed by atoms with van der Waals surface area (Å²) in [5.41, 5.74) is 1.07. The highest BCUT2D eigenvalue weighted by atomic mass is 32.1. The highest BCUT2D eigenvalue weighted by Gasteiger charge is 2.15. The molecule has 0 spiro atoms. The fourth-order valence-electron chi connectivity index (χ4n) is 1.93. The number of aryl methyl sites for hydroxylation is 1. The molecule has 0 bridgehead atoms. The van der Waals surface area contributed by atoms with Gasteiger partial charge in [-0.15, -0.1) is 0 Å². The summed E-state index contributed by atoms with van der Waals surface area (Å²) in [7, 11) is 0. The number of thiazole rings is 1. The van der Waals surface area contributed by atoms with Gasteiger partial charge in [0, 0.05) is 13.1 Å². The molecule has 2 heterocycles. The van der Waals surface area contributed by atoms with Crippen molar-refractivity contribution in [1.82, 2.24) is 4.98 Å². The van der Waals surface area contributed by atoms with Crippen molar-refractivity contribution < 1.29 is 5.11 Å². The zero-order chi connectivity index (χ0) is 11.4. The van der Waals surface area contributed by atoms with Crippen molar-refractivity contribution in [1.29, 1.82) is 0 Å². The molecule has 1 aliphatic rings. The van der Waals surface area contributed by atoms with E-state index >= 15 is 0 Å². The zero-order valence-electron chi connectivity index (χ0n) is 9.65. The van der Waals surface area contributed by atoms with Crippen LogP contribution in [0.25, 0.3) is 6.08 Å². The van der Waals surface area contributed by atoms with E-state index < -0.39 is 0 Å². The molecule has 1 aromatic rings. The van der Waals surface area contributed by atoms with Gasteiger partial charge in [-0.2, -0.15) is 0 Å². The second kappa shape index (κ2) is 5.46. The first kappa shape index (κ1) is 11.6. The highest BCUT2D eigenvalue weighted by Crippen LogP contribution is 2.28. The van der Waals surface area contributed by atoms with Crippen LogP contribution in [0, 0.1) is 6.92 Å². The molecule has 2 rings (SSSR count). The topological polar surface area (TPSA) is 36.4 Å². The van der Waals surface area contributed by atoms with Crippen molar-refractivity contribution >= 4 is 22.5 Å². The Labute approximate surface area is 100 Å². The van der Waals surface area contributed by atoms with Crippen molar-refractivity contribution in [3.05, 3.63) is 16.6 Å². The summed E-state index contributed by atoms with van der Waals surface area (Å²) >= 11 is 1.72. The van der Waals surface area contributed by atoms with Gasteiger partial charge in [0.25, 0.3) is 0 Å². The second-order valence-electron chi connectivity index (χ2n) is 4.08. The van der Waals surface area contributed by atoms with E-state index in [2.05, 4.69) is 9.88 Å². The van der Waals surface area contributed by atoms with Crippen LogP contribution in [-0.2, 0) is 0 Å². The minimum atomic E-state index is 0.0936. The van der Waals surface area contributed by atoms with E-state index in [0.717, 1.165) is 28.8 Å². The van der Waals surface area contributed by atoms with Crippen molar-refractivity contribution in [2.75, 3.05) is 24.6 Å². The lowest BCUT2D eigenvalue weighted by Crippen LogP contribution is -2.29. The predicted octanol–water partition coefficient (Wildman–Crippen LogP) is 2.45. The monoisotopic (exact) mass is 238 g/mol. The Morgan fingerprint density at radius 2 is 2.12 bits per heavy atom. The first-order valence-electron chi connectivity index (χ1n) is 5.81. The summed E-state index contributed by atoms with van der Waals surface area (Å²) in [6, 6.07) is 0. The van der Waals surface area contributed by atoms with Crippen LogP contribution in [0.2, 0.25) is 0 Å². The van der Waals surface area contributed by atoms with E-state index in [1.54, 1.807) is 17.4 Å². The van der Waals surface area contributed by atoms with Gasteiger partial charge < -0.3 is 10.0 Å². The SMILES string of the molecule is Cc1nc(N2CCCCC2)sc1/C=C/CO. The van der Waals surface area contributed by atoms with Crippen molar-refractivity contribution in [3.8, 4) is 0 Å². The largest absolute Gasteiger partial charge is 0.392 e. The molecule has 0 unspecified atom stereocenters. The molecular formula is C12H18N2OS. The van der Waals surface area contributed by atoms with Gasteiger partial charge in [-0.3, -0.25) is 0 Å². The van der Waals surface area contributed by atoms with Crippen molar-refractivity contribution in [2.24, 2.45) is 0 Å². The molecule has 1 aromatic heterocycles. The van der Waals surface area contributed by atoms with E-state index in [9.17, 15) is 0 Å². The smallest absolute Gasteiger partial charge is 0.186 e. The van der Waals surface area contributed by atoms with Gasteiger partial charge in [-0.25, -0.2) is 4.98 Å². The average Bonchev–Trinajstić information content (AvgIpc) is 2.69. The highest BCUT2D eigenvalue weighted by molar-refractivity contribution is 7.16. The number of aromatic nitrogens is 1. The molecule has 3 nitrogen and oxygen atoms in total. The summed E-state index contributed by atoms with van der Waals surface area (Å²) in [5.74, 6) is 0. The summed E-state index contributed by atoms with van der Waals surface area (Å²) in [6.45, 7) is 4.39. The van der Waals surface area contributed by atoms with Crippen LogP contribution in [-0.4, -0.2) is 29.8 Å². The van der Waals surface area contributed by atoms with E-state index in [0.29, 0.717) is 0 Å². The molecule has 1 fully saturated rings. The number of aliphatic hydroxyl groups is 1. The molecule has 0 radical (unpaired) electrons. The van der Waals surface area contributed by atoms with Gasteiger partial charge >= 0.3 is 0 Å². The molecule has 1 saturated heterocycles. The molecule has 1 aliphatic heterocycles. The maximum Gasteiger partial charge on any atom is 0.186 e. The Kier molecular flexibility index (Phi) is 3.96. The number of nitrogens with zero attached hydrogens (tertiary/aromatic N) is 2. The average molecular weight is 238 g/mol. The van der Waals surface area contributed by atoms with E-state index in [1.807, 2.05) is 13.0 Å². The zero-order valence-corrected chi connectivity index (χ0v) is 10.5. The van der Waals surface area contributed by atoms with E-state index in [1.165, 1.54) is 19.3 Å². The number of piperidine rings is 1. The first-order chi connectivity index (χ1) is 7.81. The van der Waals surface area contributed by atoms with Gasteiger partial charge in [-0.1, -0.05) is 17.4 Å². The molecule has 0 amide bonds. The van der Waals surface area contributed by atoms with Crippen LogP contribution in [0.3, 0.4) is 0 Å². The number of hydrogen-bond acceptors (Lipinski definition) is 4. The summed E-state index contributed by atoms with van der Waals surface area (Å²) < 4.78 is 0. The van der Waals surface area contributed by atoms with Gasteiger partial charge in [0.1, 0.15) is 0 Å². The fraction of sp³-hybridized carbons (Fsp3) is 0.583. The van der Waals surface area contributed by atoms with Crippen molar-refractivity contribution in [3.63, 3.8) is 0 Å². The Hall–Kier alpha value is -0.870. The van der Waals surface area contributed by atoms with Crippen molar-refractivity contribution in [2.45, 2.75) is 26.2 Å². The summed E-state index contributed by atoms with van der Waals surface area (Å²) in [6.07, 6.45) is 7.62. The Morgan fingerprint density at radius 1 is 1.38 bits per heavy atom. The molecule has 1 N–H and O–H groups in total. The van der Waals surface area contributed by atoms with Crippen LogP contribution in [0.4, 0.5) is 5.13 Å². The minimum Gasteiger partial charge on any atom is -0.392 e. The number of rotatable bonds is 3. The second-order valence-corrected chi connectivity index (χ2v) is 5.09. The number of anilines is 1. The van der Waals surface area contributed by atoms with E-state index in [4.69, 9.17) is 5.11 Å². The van der Waals surface area contributed by atoms with Gasteiger partial charge in [0.05, 0.1) is 17.2 Å². The van der Waals surface area contributed by atoms with Gasteiger partial charge in [0.15, 0.2) is 5.13 Å². The fourth-order valence-corrected chi connectivity index (χ4v) is 2.98. The molecule has 16 heavy (non-hydrogen) atoms. The van der Waals surface area contributed by atoms with Crippen LogP contribution in [0.5, 0.6) is 0 Å². The molecule has 0 aromatic carbocycles. The number of aliphatic hydroxyl groups excluding tert-OH is 1. The molecule has 0 atom stereocenters. The third-order valence-corrected chi connectivity index (χ3v) is 4.01. The summed E-state index contributed by atoms with van der Waals surface area (Å²) in [5, 5.41) is 9.90. The Balaban J connectivity index is 2.12. The summed E-state index contributed by atoms with van der Waals surface area (Å²) in [4.78, 5) is 8.13. The maximum atomic E-state index is 8.76. The maximum absolute atomic E-state index is 8.76. The lowest BCUT2D eigenvalue weighted by molar-refractivity contribution is 0.343. The van der Waals surface area contributed by atoms with Crippen LogP contribution < -0.4 is 4.90 Å². The molecule has 0 aliphatic carbocycles. The van der Waals surface area contributed by atoms with Crippen LogP contribution in [0.15, 0.2) is 6.08 Å². The van der Waals surface area contributed by atoms with E-state index in [-0.39, 0.29) is 6.61 Å². The molecular weight excluding hydrogens is 220 g/mol. The third kappa shape index (κ3) is 2.62. The Morgan fingerprint density at radius 3 is 2.81 bits per heavy atom. The van der Waals surface area contributed by atoms with Crippen LogP contribution in [0.1, 0.15) is 29.8 Å². The van der Waals surface area contributed by atoms with Gasteiger partial charge in [-0.05, 0) is 32.3 Å². The lowest BCUT2D eigenvalue weighted by Gasteiger charge is -2.25. The predicted molar refractivity (Wildman–Crippen MR) is 69.0 cm³/mol. The minimum absolute atomic E-state index is 0.0936. The Bertz CT molecular complexity index is 367.